The van der Waals surface area contributed by atoms with Crippen molar-refractivity contribution in [2.24, 2.45) is 0 Å². The highest BCUT2D eigenvalue weighted by Gasteiger charge is 2.22. The average Bonchev–Trinajstić information content (AvgIpc) is 2.61. The lowest BCUT2D eigenvalue weighted by Gasteiger charge is -2.19. The molecule has 0 radical (unpaired) electrons. The zero-order valence-electron chi connectivity index (χ0n) is 13.8. The number of amides is 1. The molecule has 2 rings (SSSR count). The van der Waals surface area contributed by atoms with Gasteiger partial charge in [-0.25, -0.2) is 0 Å². The smallest absolute Gasteiger partial charge is 0.282 e. The molecule has 0 saturated heterocycles. The van der Waals surface area contributed by atoms with Crippen LogP contribution in [0.5, 0.6) is 0 Å². The van der Waals surface area contributed by atoms with Gasteiger partial charge >= 0.3 is 0 Å². The van der Waals surface area contributed by atoms with Crippen LogP contribution >= 0.6 is 15.9 Å². The fourth-order valence-electron chi connectivity index (χ4n) is 2.51. The summed E-state index contributed by atoms with van der Waals surface area (Å²) in [5.41, 5.74) is 2.49. The second-order valence-electron chi connectivity index (χ2n) is 5.73. The molecule has 0 aliphatic heterocycles. The maximum Gasteiger partial charge on any atom is 0.282 e. The minimum atomic E-state index is -0.214. The van der Waals surface area contributed by atoms with Gasteiger partial charge < -0.3 is 10.6 Å². The number of nitrogens with two attached hydrogens (primary N) is 1. The van der Waals surface area contributed by atoms with Gasteiger partial charge in [0.25, 0.3) is 5.91 Å². The Hall–Kier alpha value is -2.16. The Morgan fingerprint density at radius 3 is 2.38 bits per heavy atom. The SMILES string of the molecule is CC[C@@H]([NH2+][C@H](C)C(=O)Nc1ccc(C#N)cc1)c1ccc(Br)cc1. The molecule has 0 saturated carbocycles. The number of hydrogen-bond donors (Lipinski definition) is 2. The van der Waals surface area contributed by atoms with Crippen molar-refractivity contribution in [3.05, 3.63) is 64.1 Å². The summed E-state index contributed by atoms with van der Waals surface area (Å²) in [6.45, 7) is 4.02. The fourth-order valence-corrected chi connectivity index (χ4v) is 2.78. The van der Waals surface area contributed by atoms with Crippen molar-refractivity contribution in [2.45, 2.75) is 32.4 Å². The van der Waals surface area contributed by atoms with Crippen molar-refractivity contribution in [1.29, 1.82) is 5.26 Å². The van der Waals surface area contributed by atoms with Crippen LogP contribution < -0.4 is 10.6 Å². The van der Waals surface area contributed by atoms with E-state index in [0.717, 1.165) is 10.9 Å². The van der Waals surface area contributed by atoms with Crippen LogP contribution in [0, 0.1) is 11.3 Å². The van der Waals surface area contributed by atoms with Crippen molar-refractivity contribution in [1.82, 2.24) is 0 Å². The van der Waals surface area contributed by atoms with E-state index in [9.17, 15) is 4.79 Å². The Bertz CT molecular complexity index is 720. The molecule has 0 unspecified atom stereocenters. The summed E-state index contributed by atoms with van der Waals surface area (Å²) in [6.07, 6.45) is 0.941. The normalized spacial score (nSPS) is 12.9. The summed E-state index contributed by atoms with van der Waals surface area (Å²) in [7, 11) is 0. The molecule has 4 nitrogen and oxygen atoms in total. The number of halogens is 1. The second-order valence-corrected chi connectivity index (χ2v) is 6.64. The molecule has 0 aromatic heterocycles. The van der Waals surface area contributed by atoms with Crippen LogP contribution in [-0.2, 0) is 4.79 Å². The van der Waals surface area contributed by atoms with Crippen LogP contribution in [0.4, 0.5) is 5.69 Å². The Balaban J connectivity index is 1.98. The third-order valence-electron chi connectivity index (χ3n) is 3.95. The lowest BCUT2D eigenvalue weighted by molar-refractivity contribution is -0.713. The maximum absolute atomic E-state index is 12.4. The number of rotatable bonds is 6. The molecule has 2 aromatic rings. The average molecular weight is 387 g/mol. The number of carbonyl (C=O) groups is 1. The second kappa shape index (κ2) is 8.62. The first-order valence-corrected chi connectivity index (χ1v) is 8.74. The predicted octanol–water partition coefficient (Wildman–Crippen LogP) is 3.36. The molecule has 2 atom stereocenters. The van der Waals surface area contributed by atoms with Crippen molar-refractivity contribution in [3.63, 3.8) is 0 Å². The molecule has 0 bridgehead atoms. The first-order valence-electron chi connectivity index (χ1n) is 7.95. The van der Waals surface area contributed by atoms with Crippen LogP contribution in [0.1, 0.15) is 37.4 Å². The molecule has 0 heterocycles. The largest absolute Gasteiger partial charge is 0.330 e. The van der Waals surface area contributed by atoms with E-state index < -0.39 is 0 Å². The number of nitrogens with one attached hydrogen (secondary N) is 1. The number of anilines is 1. The molecular formula is C19H21BrN3O+. The Labute approximate surface area is 151 Å². The third-order valence-corrected chi connectivity index (χ3v) is 4.48. The van der Waals surface area contributed by atoms with Gasteiger partial charge in [0.2, 0.25) is 0 Å². The van der Waals surface area contributed by atoms with Crippen molar-refractivity contribution >= 4 is 27.5 Å². The van der Waals surface area contributed by atoms with E-state index in [0.29, 0.717) is 11.3 Å². The van der Waals surface area contributed by atoms with Gasteiger partial charge in [-0.2, -0.15) is 5.26 Å². The van der Waals surface area contributed by atoms with Gasteiger partial charge in [-0.1, -0.05) is 35.0 Å². The van der Waals surface area contributed by atoms with Crippen molar-refractivity contribution in [3.8, 4) is 6.07 Å². The van der Waals surface area contributed by atoms with Crippen LogP contribution in [0.15, 0.2) is 53.0 Å². The van der Waals surface area contributed by atoms with E-state index >= 15 is 0 Å². The highest BCUT2D eigenvalue weighted by molar-refractivity contribution is 9.10. The standard InChI is InChI=1S/C19H20BrN3O/c1-3-18(15-6-8-16(20)9-7-15)22-13(2)19(24)23-17-10-4-14(12-21)5-11-17/h4-11,13,18,22H,3H2,1-2H3,(H,23,24)/p+1/t13-,18-/m1/s1. The number of hydrogen-bond acceptors (Lipinski definition) is 2. The zero-order valence-corrected chi connectivity index (χ0v) is 15.4. The first-order chi connectivity index (χ1) is 11.5. The van der Waals surface area contributed by atoms with Crippen LogP contribution in [-0.4, -0.2) is 11.9 Å². The van der Waals surface area contributed by atoms with Crippen LogP contribution in [0.3, 0.4) is 0 Å². The Kier molecular flexibility index (Phi) is 6.53. The molecule has 124 valence electrons. The van der Waals surface area contributed by atoms with E-state index in [1.807, 2.05) is 19.1 Å². The Morgan fingerprint density at radius 2 is 1.83 bits per heavy atom. The molecule has 2 aromatic carbocycles. The van der Waals surface area contributed by atoms with Gasteiger partial charge in [0.15, 0.2) is 6.04 Å². The number of quaternary nitrogens is 1. The molecule has 24 heavy (non-hydrogen) atoms. The van der Waals surface area contributed by atoms with Gasteiger partial charge in [-0.05, 0) is 43.3 Å². The number of nitrogens with zero attached hydrogens (tertiary/aromatic N) is 1. The van der Waals surface area contributed by atoms with Crippen LogP contribution in [0.25, 0.3) is 0 Å². The zero-order chi connectivity index (χ0) is 17.5. The van der Waals surface area contributed by atoms with Gasteiger partial charge in [-0.3, -0.25) is 4.79 Å². The summed E-state index contributed by atoms with van der Waals surface area (Å²) < 4.78 is 1.05. The molecule has 0 aliphatic carbocycles. The number of carbonyl (C=O) groups excluding carboxylic acids is 1. The van der Waals surface area contributed by atoms with Crippen molar-refractivity contribution < 1.29 is 10.1 Å². The van der Waals surface area contributed by atoms with Gasteiger partial charge in [0.1, 0.15) is 6.04 Å². The summed E-state index contributed by atoms with van der Waals surface area (Å²) in [6, 6.07) is 17.2. The molecule has 5 heteroatoms. The summed E-state index contributed by atoms with van der Waals surface area (Å²) in [4.78, 5) is 12.4. The number of benzene rings is 2. The monoisotopic (exact) mass is 386 g/mol. The van der Waals surface area contributed by atoms with Gasteiger partial charge in [-0.15, -0.1) is 0 Å². The van der Waals surface area contributed by atoms with E-state index in [1.165, 1.54) is 5.56 Å². The summed E-state index contributed by atoms with van der Waals surface area (Å²) in [5.74, 6) is -0.0460. The quantitative estimate of drug-likeness (QED) is 0.798. The molecule has 0 fully saturated rings. The summed E-state index contributed by atoms with van der Waals surface area (Å²) >= 11 is 3.44. The fraction of sp³-hybridized carbons (Fsp3) is 0.263. The molecule has 0 spiro atoms. The van der Waals surface area contributed by atoms with E-state index in [4.69, 9.17) is 5.26 Å². The third kappa shape index (κ3) is 4.92. The van der Waals surface area contributed by atoms with E-state index in [1.54, 1.807) is 24.3 Å². The minimum Gasteiger partial charge on any atom is -0.330 e. The highest BCUT2D eigenvalue weighted by Crippen LogP contribution is 2.17. The van der Waals surface area contributed by atoms with Crippen molar-refractivity contribution in [2.75, 3.05) is 5.32 Å². The Morgan fingerprint density at radius 1 is 1.21 bits per heavy atom. The maximum atomic E-state index is 12.4. The molecular weight excluding hydrogens is 366 g/mol. The molecule has 3 N–H and O–H groups in total. The van der Waals surface area contributed by atoms with E-state index in [2.05, 4.69) is 51.7 Å². The van der Waals surface area contributed by atoms with E-state index in [-0.39, 0.29) is 18.0 Å². The van der Waals surface area contributed by atoms with Crippen LogP contribution in [0.2, 0.25) is 0 Å². The molecule has 1 amide bonds. The number of nitriles is 1. The topological polar surface area (TPSA) is 69.5 Å². The van der Waals surface area contributed by atoms with Gasteiger partial charge in [0.05, 0.1) is 11.6 Å². The lowest BCUT2D eigenvalue weighted by Crippen LogP contribution is -2.92. The summed E-state index contributed by atoms with van der Waals surface area (Å²) in [5, 5.41) is 13.8. The molecule has 0 aliphatic rings. The highest BCUT2D eigenvalue weighted by atomic mass is 79.9. The first kappa shape index (κ1) is 18.2. The minimum absolute atomic E-state index is 0.0460. The van der Waals surface area contributed by atoms with Gasteiger partial charge in [0, 0.05) is 22.1 Å². The lowest BCUT2D eigenvalue weighted by atomic mass is 10.0. The predicted molar refractivity (Wildman–Crippen MR) is 98.3 cm³/mol.